The number of rotatable bonds is 6. The SMILES string of the molecule is CCCNc1ncnc(N2CCC(CC(N)=O)CC2)c1C. The van der Waals surface area contributed by atoms with Gasteiger partial charge in [0.1, 0.15) is 18.0 Å². The predicted octanol–water partition coefficient (Wildman–Crippen LogP) is 1.70. The maximum absolute atomic E-state index is 11.0. The monoisotopic (exact) mass is 291 g/mol. The molecule has 2 rings (SSSR count). The van der Waals surface area contributed by atoms with Crippen LogP contribution in [0, 0.1) is 12.8 Å². The van der Waals surface area contributed by atoms with E-state index in [2.05, 4.69) is 34.0 Å². The Hall–Kier alpha value is -1.85. The Morgan fingerprint density at radius 2 is 2.14 bits per heavy atom. The lowest BCUT2D eigenvalue weighted by atomic mass is 9.93. The van der Waals surface area contributed by atoms with Gasteiger partial charge in [0, 0.05) is 31.6 Å². The van der Waals surface area contributed by atoms with E-state index in [4.69, 9.17) is 5.73 Å². The molecule has 0 spiro atoms. The Morgan fingerprint density at radius 3 is 2.76 bits per heavy atom. The van der Waals surface area contributed by atoms with Crippen LogP contribution in [0.25, 0.3) is 0 Å². The van der Waals surface area contributed by atoms with Crippen LogP contribution < -0.4 is 16.0 Å². The molecule has 0 aromatic carbocycles. The summed E-state index contributed by atoms with van der Waals surface area (Å²) in [5.41, 5.74) is 6.37. The van der Waals surface area contributed by atoms with E-state index in [0.717, 1.165) is 56.1 Å². The Bertz CT molecular complexity index is 483. The van der Waals surface area contributed by atoms with Crippen molar-refractivity contribution in [1.29, 1.82) is 0 Å². The first-order valence-corrected chi connectivity index (χ1v) is 7.70. The van der Waals surface area contributed by atoms with Gasteiger partial charge < -0.3 is 16.0 Å². The highest BCUT2D eigenvalue weighted by atomic mass is 16.1. The molecule has 1 aromatic heterocycles. The molecular weight excluding hydrogens is 266 g/mol. The lowest BCUT2D eigenvalue weighted by Crippen LogP contribution is -2.36. The van der Waals surface area contributed by atoms with Crippen LogP contribution in [0.4, 0.5) is 11.6 Å². The standard InChI is InChI=1S/C15H25N5O/c1-3-6-17-14-11(2)15(19-10-18-14)20-7-4-12(5-8-20)9-13(16)21/h10,12H,3-9H2,1-2H3,(H2,16,21)(H,17,18,19). The lowest BCUT2D eigenvalue weighted by molar-refractivity contribution is -0.119. The van der Waals surface area contributed by atoms with E-state index in [1.807, 2.05) is 0 Å². The molecule has 0 atom stereocenters. The third kappa shape index (κ3) is 4.06. The van der Waals surface area contributed by atoms with Crippen LogP contribution in [0.5, 0.6) is 0 Å². The molecular formula is C15H25N5O. The van der Waals surface area contributed by atoms with Crippen molar-refractivity contribution in [3.8, 4) is 0 Å². The zero-order chi connectivity index (χ0) is 15.2. The Balaban J connectivity index is 2.01. The summed E-state index contributed by atoms with van der Waals surface area (Å²) in [5, 5.41) is 3.34. The van der Waals surface area contributed by atoms with Crippen molar-refractivity contribution in [2.24, 2.45) is 11.7 Å². The first-order valence-electron chi connectivity index (χ1n) is 7.70. The summed E-state index contributed by atoms with van der Waals surface area (Å²) in [6.45, 7) is 6.95. The maximum Gasteiger partial charge on any atom is 0.217 e. The second-order valence-electron chi connectivity index (χ2n) is 5.70. The van der Waals surface area contributed by atoms with E-state index < -0.39 is 0 Å². The van der Waals surface area contributed by atoms with Gasteiger partial charge in [-0.05, 0) is 32.1 Å². The molecule has 6 heteroatoms. The number of amides is 1. The molecule has 1 fully saturated rings. The number of piperidine rings is 1. The van der Waals surface area contributed by atoms with Crippen LogP contribution in [0.3, 0.4) is 0 Å². The molecule has 116 valence electrons. The third-order valence-corrected chi connectivity index (χ3v) is 4.00. The maximum atomic E-state index is 11.0. The quantitative estimate of drug-likeness (QED) is 0.833. The fourth-order valence-corrected chi connectivity index (χ4v) is 2.81. The van der Waals surface area contributed by atoms with E-state index in [0.29, 0.717) is 12.3 Å². The molecule has 0 radical (unpaired) electrons. The first kappa shape index (κ1) is 15.5. The second-order valence-corrected chi connectivity index (χ2v) is 5.70. The normalized spacial score (nSPS) is 16.0. The van der Waals surface area contributed by atoms with Gasteiger partial charge in [0.05, 0.1) is 0 Å². The molecule has 0 bridgehead atoms. The van der Waals surface area contributed by atoms with Crippen molar-refractivity contribution in [3.63, 3.8) is 0 Å². The number of anilines is 2. The minimum atomic E-state index is -0.197. The molecule has 1 aliphatic rings. The van der Waals surface area contributed by atoms with E-state index in [1.165, 1.54) is 0 Å². The van der Waals surface area contributed by atoms with Gasteiger partial charge in [-0.1, -0.05) is 6.92 Å². The van der Waals surface area contributed by atoms with Crippen molar-refractivity contribution in [2.45, 2.75) is 39.5 Å². The molecule has 1 amide bonds. The molecule has 21 heavy (non-hydrogen) atoms. The number of carbonyl (C=O) groups is 1. The minimum absolute atomic E-state index is 0.197. The van der Waals surface area contributed by atoms with Gasteiger partial charge in [-0.15, -0.1) is 0 Å². The number of carbonyl (C=O) groups excluding carboxylic acids is 1. The molecule has 0 unspecified atom stereocenters. The molecule has 1 saturated heterocycles. The van der Waals surface area contributed by atoms with Crippen molar-refractivity contribution in [3.05, 3.63) is 11.9 Å². The number of nitrogens with one attached hydrogen (secondary N) is 1. The molecule has 2 heterocycles. The number of hydrogen-bond acceptors (Lipinski definition) is 5. The Labute approximate surface area is 126 Å². The highest BCUT2D eigenvalue weighted by Crippen LogP contribution is 2.28. The molecule has 1 aliphatic heterocycles. The third-order valence-electron chi connectivity index (χ3n) is 4.00. The Kier molecular flexibility index (Phi) is 5.36. The van der Waals surface area contributed by atoms with Gasteiger partial charge in [0.2, 0.25) is 5.91 Å². The van der Waals surface area contributed by atoms with Crippen LogP contribution in [-0.4, -0.2) is 35.5 Å². The van der Waals surface area contributed by atoms with E-state index in [9.17, 15) is 4.79 Å². The largest absolute Gasteiger partial charge is 0.370 e. The van der Waals surface area contributed by atoms with E-state index in [1.54, 1.807) is 6.33 Å². The fraction of sp³-hybridized carbons (Fsp3) is 0.667. The highest BCUT2D eigenvalue weighted by Gasteiger charge is 2.23. The Morgan fingerprint density at radius 1 is 1.43 bits per heavy atom. The van der Waals surface area contributed by atoms with Crippen molar-refractivity contribution in [1.82, 2.24) is 9.97 Å². The van der Waals surface area contributed by atoms with Crippen molar-refractivity contribution < 1.29 is 4.79 Å². The van der Waals surface area contributed by atoms with Crippen LogP contribution in [-0.2, 0) is 4.79 Å². The zero-order valence-electron chi connectivity index (χ0n) is 12.9. The molecule has 0 saturated carbocycles. The second kappa shape index (κ2) is 7.24. The summed E-state index contributed by atoms with van der Waals surface area (Å²) in [6.07, 6.45) is 5.17. The number of nitrogens with zero attached hydrogens (tertiary/aromatic N) is 3. The lowest BCUT2D eigenvalue weighted by Gasteiger charge is -2.33. The zero-order valence-corrected chi connectivity index (χ0v) is 12.9. The minimum Gasteiger partial charge on any atom is -0.370 e. The summed E-state index contributed by atoms with van der Waals surface area (Å²) >= 11 is 0. The van der Waals surface area contributed by atoms with Gasteiger partial charge in [-0.3, -0.25) is 4.79 Å². The number of hydrogen-bond donors (Lipinski definition) is 2. The van der Waals surface area contributed by atoms with E-state index in [-0.39, 0.29) is 5.91 Å². The van der Waals surface area contributed by atoms with E-state index >= 15 is 0 Å². The smallest absolute Gasteiger partial charge is 0.217 e. The number of aromatic nitrogens is 2. The highest BCUT2D eigenvalue weighted by molar-refractivity contribution is 5.74. The van der Waals surface area contributed by atoms with Gasteiger partial charge in [-0.25, -0.2) is 9.97 Å². The average Bonchev–Trinajstić information content (AvgIpc) is 2.47. The van der Waals surface area contributed by atoms with Crippen LogP contribution >= 0.6 is 0 Å². The summed E-state index contributed by atoms with van der Waals surface area (Å²) in [4.78, 5) is 22.0. The first-order chi connectivity index (χ1) is 10.1. The fourth-order valence-electron chi connectivity index (χ4n) is 2.81. The van der Waals surface area contributed by atoms with Crippen molar-refractivity contribution >= 4 is 17.5 Å². The topological polar surface area (TPSA) is 84.1 Å². The molecule has 6 nitrogen and oxygen atoms in total. The summed E-state index contributed by atoms with van der Waals surface area (Å²) in [6, 6.07) is 0. The molecule has 0 aliphatic carbocycles. The number of nitrogens with two attached hydrogens (primary N) is 1. The summed E-state index contributed by atoms with van der Waals surface area (Å²) in [7, 11) is 0. The van der Waals surface area contributed by atoms with Gasteiger partial charge in [0.25, 0.3) is 0 Å². The summed E-state index contributed by atoms with van der Waals surface area (Å²) in [5.74, 6) is 2.14. The van der Waals surface area contributed by atoms with Crippen LogP contribution in [0.2, 0.25) is 0 Å². The van der Waals surface area contributed by atoms with Crippen molar-refractivity contribution in [2.75, 3.05) is 29.9 Å². The van der Waals surface area contributed by atoms with Gasteiger partial charge >= 0.3 is 0 Å². The van der Waals surface area contributed by atoms with Gasteiger partial charge in [0.15, 0.2) is 0 Å². The number of primary amides is 1. The van der Waals surface area contributed by atoms with Crippen LogP contribution in [0.1, 0.15) is 38.2 Å². The molecule has 1 aromatic rings. The molecule has 3 N–H and O–H groups in total. The van der Waals surface area contributed by atoms with Crippen LogP contribution in [0.15, 0.2) is 6.33 Å². The predicted molar refractivity (Wildman–Crippen MR) is 84.3 cm³/mol. The van der Waals surface area contributed by atoms with Gasteiger partial charge in [-0.2, -0.15) is 0 Å². The summed E-state index contributed by atoms with van der Waals surface area (Å²) < 4.78 is 0. The average molecular weight is 291 g/mol.